The zero-order valence-electron chi connectivity index (χ0n) is 12.5. The number of benzene rings is 1. The lowest BCUT2D eigenvalue weighted by Gasteiger charge is -2.40. The SMILES string of the molecule is CC(C)(C#N)N1CCN(Cc2cccc([N+](=O)[O-])c2)CC1. The van der Waals surface area contributed by atoms with E-state index < -0.39 is 5.54 Å². The van der Waals surface area contributed by atoms with Crippen LogP contribution in [0.25, 0.3) is 0 Å². The second kappa shape index (κ2) is 6.20. The third-order valence-corrected chi connectivity index (χ3v) is 3.96. The molecule has 2 rings (SSSR count). The lowest BCUT2D eigenvalue weighted by Crippen LogP contribution is -2.53. The Morgan fingerprint density at radius 1 is 1.33 bits per heavy atom. The first-order valence-electron chi connectivity index (χ1n) is 7.04. The lowest BCUT2D eigenvalue weighted by atomic mass is 10.0. The molecule has 1 aromatic rings. The van der Waals surface area contributed by atoms with E-state index in [2.05, 4.69) is 15.9 Å². The Labute approximate surface area is 124 Å². The van der Waals surface area contributed by atoms with Crippen LogP contribution in [0.1, 0.15) is 19.4 Å². The molecule has 0 atom stereocenters. The molecule has 0 N–H and O–H groups in total. The van der Waals surface area contributed by atoms with Gasteiger partial charge in [-0.15, -0.1) is 0 Å². The fourth-order valence-electron chi connectivity index (χ4n) is 2.56. The number of nitriles is 1. The molecule has 0 saturated carbocycles. The number of nitro benzene ring substituents is 1. The van der Waals surface area contributed by atoms with Gasteiger partial charge in [0.25, 0.3) is 5.69 Å². The number of hydrogen-bond donors (Lipinski definition) is 0. The van der Waals surface area contributed by atoms with Crippen molar-refractivity contribution in [3.8, 4) is 6.07 Å². The maximum absolute atomic E-state index is 10.8. The Hall–Kier alpha value is -1.97. The zero-order chi connectivity index (χ0) is 15.5. The van der Waals surface area contributed by atoms with Crippen molar-refractivity contribution in [2.24, 2.45) is 0 Å². The van der Waals surface area contributed by atoms with Crippen molar-refractivity contribution in [1.82, 2.24) is 9.80 Å². The van der Waals surface area contributed by atoms with E-state index in [-0.39, 0.29) is 10.6 Å². The molecule has 1 aromatic carbocycles. The van der Waals surface area contributed by atoms with Gasteiger partial charge in [0.2, 0.25) is 0 Å². The van der Waals surface area contributed by atoms with Crippen LogP contribution in [0.2, 0.25) is 0 Å². The zero-order valence-corrected chi connectivity index (χ0v) is 12.5. The number of hydrogen-bond acceptors (Lipinski definition) is 5. The van der Waals surface area contributed by atoms with Crippen molar-refractivity contribution >= 4 is 5.69 Å². The molecule has 1 saturated heterocycles. The minimum atomic E-state index is -0.433. The van der Waals surface area contributed by atoms with Crippen molar-refractivity contribution in [2.75, 3.05) is 26.2 Å². The highest BCUT2D eigenvalue weighted by atomic mass is 16.6. The van der Waals surface area contributed by atoms with Crippen LogP contribution in [-0.4, -0.2) is 46.4 Å². The molecule has 1 heterocycles. The van der Waals surface area contributed by atoms with Crippen LogP contribution in [0.5, 0.6) is 0 Å². The topological polar surface area (TPSA) is 73.4 Å². The quantitative estimate of drug-likeness (QED) is 0.626. The van der Waals surface area contributed by atoms with Crippen molar-refractivity contribution in [2.45, 2.75) is 25.9 Å². The highest BCUT2D eigenvalue weighted by Crippen LogP contribution is 2.19. The largest absolute Gasteiger partial charge is 0.297 e. The molecular weight excluding hydrogens is 268 g/mol. The Balaban J connectivity index is 1.94. The number of piperazine rings is 1. The predicted octanol–water partition coefficient (Wildman–Crippen LogP) is 2.01. The Morgan fingerprint density at radius 3 is 2.57 bits per heavy atom. The summed E-state index contributed by atoms with van der Waals surface area (Å²) in [4.78, 5) is 14.9. The van der Waals surface area contributed by atoms with E-state index in [1.54, 1.807) is 12.1 Å². The number of rotatable bonds is 4. The van der Waals surface area contributed by atoms with Gasteiger partial charge in [0.15, 0.2) is 0 Å². The van der Waals surface area contributed by atoms with Crippen LogP contribution in [0.15, 0.2) is 24.3 Å². The summed E-state index contributed by atoms with van der Waals surface area (Å²) in [5.41, 5.74) is 0.659. The third kappa shape index (κ3) is 3.78. The standard InChI is InChI=1S/C15H20N4O2/c1-15(2,12-16)18-8-6-17(7-9-18)11-13-4-3-5-14(10-13)19(20)21/h3-5,10H,6-9,11H2,1-2H3. The van der Waals surface area contributed by atoms with Gasteiger partial charge in [0.1, 0.15) is 5.54 Å². The van der Waals surface area contributed by atoms with Gasteiger partial charge in [0.05, 0.1) is 11.0 Å². The highest BCUT2D eigenvalue weighted by Gasteiger charge is 2.29. The molecule has 6 nitrogen and oxygen atoms in total. The molecule has 0 bridgehead atoms. The minimum absolute atomic E-state index is 0.136. The van der Waals surface area contributed by atoms with E-state index in [1.165, 1.54) is 6.07 Å². The monoisotopic (exact) mass is 288 g/mol. The van der Waals surface area contributed by atoms with Crippen LogP contribution >= 0.6 is 0 Å². The summed E-state index contributed by atoms with van der Waals surface area (Å²) in [6, 6.07) is 9.11. The number of nitro groups is 1. The molecule has 6 heteroatoms. The van der Waals surface area contributed by atoms with Gasteiger partial charge in [-0.3, -0.25) is 19.9 Å². The maximum atomic E-state index is 10.8. The second-order valence-electron chi connectivity index (χ2n) is 5.86. The summed E-state index contributed by atoms with van der Waals surface area (Å²) in [5.74, 6) is 0. The Bertz CT molecular complexity index is 557. The fourth-order valence-corrected chi connectivity index (χ4v) is 2.56. The molecule has 0 radical (unpaired) electrons. The van der Waals surface area contributed by atoms with Crippen molar-refractivity contribution in [3.05, 3.63) is 39.9 Å². The van der Waals surface area contributed by atoms with E-state index in [1.807, 2.05) is 19.9 Å². The Kier molecular flexibility index (Phi) is 4.56. The van der Waals surface area contributed by atoms with Gasteiger partial charge >= 0.3 is 0 Å². The molecule has 0 aliphatic carbocycles. The van der Waals surface area contributed by atoms with E-state index in [4.69, 9.17) is 5.26 Å². The third-order valence-electron chi connectivity index (χ3n) is 3.96. The van der Waals surface area contributed by atoms with Crippen molar-refractivity contribution in [1.29, 1.82) is 5.26 Å². The first-order chi connectivity index (χ1) is 9.92. The van der Waals surface area contributed by atoms with E-state index in [0.717, 1.165) is 31.7 Å². The predicted molar refractivity (Wildman–Crippen MR) is 79.6 cm³/mol. The van der Waals surface area contributed by atoms with Gasteiger partial charge in [-0.1, -0.05) is 12.1 Å². The molecule has 21 heavy (non-hydrogen) atoms. The van der Waals surface area contributed by atoms with E-state index in [0.29, 0.717) is 6.54 Å². The van der Waals surface area contributed by atoms with Gasteiger partial charge < -0.3 is 0 Å². The summed E-state index contributed by atoms with van der Waals surface area (Å²) < 4.78 is 0. The Morgan fingerprint density at radius 2 is 2.00 bits per heavy atom. The summed E-state index contributed by atoms with van der Waals surface area (Å²) in [7, 11) is 0. The summed E-state index contributed by atoms with van der Waals surface area (Å²) in [6.07, 6.45) is 0. The highest BCUT2D eigenvalue weighted by molar-refractivity contribution is 5.34. The van der Waals surface area contributed by atoms with Gasteiger partial charge in [-0.2, -0.15) is 5.26 Å². The van der Waals surface area contributed by atoms with Crippen LogP contribution < -0.4 is 0 Å². The van der Waals surface area contributed by atoms with Crippen molar-refractivity contribution in [3.63, 3.8) is 0 Å². The molecule has 0 unspecified atom stereocenters. The van der Waals surface area contributed by atoms with Crippen LogP contribution in [0.4, 0.5) is 5.69 Å². The summed E-state index contributed by atoms with van der Waals surface area (Å²) in [6.45, 7) is 8.00. The van der Waals surface area contributed by atoms with Crippen LogP contribution in [0, 0.1) is 21.4 Å². The summed E-state index contributed by atoms with van der Waals surface area (Å²) in [5, 5.41) is 19.9. The first kappa shape index (κ1) is 15.4. The van der Waals surface area contributed by atoms with Gasteiger partial charge in [-0.25, -0.2) is 0 Å². The number of non-ortho nitro benzene ring substituents is 1. The summed E-state index contributed by atoms with van der Waals surface area (Å²) >= 11 is 0. The normalized spacial score (nSPS) is 17.4. The minimum Gasteiger partial charge on any atom is -0.297 e. The van der Waals surface area contributed by atoms with Crippen molar-refractivity contribution < 1.29 is 4.92 Å². The molecule has 0 spiro atoms. The van der Waals surface area contributed by atoms with Crippen LogP contribution in [0.3, 0.4) is 0 Å². The first-order valence-corrected chi connectivity index (χ1v) is 7.04. The van der Waals surface area contributed by atoms with Gasteiger partial charge in [-0.05, 0) is 19.4 Å². The molecule has 0 amide bonds. The number of nitrogens with zero attached hydrogens (tertiary/aromatic N) is 4. The molecular formula is C15H20N4O2. The molecule has 0 aromatic heterocycles. The average molecular weight is 288 g/mol. The van der Waals surface area contributed by atoms with Crippen LogP contribution in [-0.2, 0) is 6.54 Å². The molecule has 112 valence electrons. The van der Waals surface area contributed by atoms with E-state index >= 15 is 0 Å². The maximum Gasteiger partial charge on any atom is 0.269 e. The molecule has 1 fully saturated rings. The average Bonchev–Trinajstić information content (AvgIpc) is 2.48. The second-order valence-corrected chi connectivity index (χ2v) is 5.86. The smallest absolute Gasteiger partial charge is 0.269 e. The lowest BCUT2D eigenvalue weighted by molar-refractivity contribution is -0.384. The van der Waals surface area contributed by atoms with Gasteiger partial charge in [0, 0.05) is 44.9 Å². The van der Waals surface area contributed by atoms with E-state index in [9.17, 15) is 10.1 Å². The molecule has 1 aliphatic rings. The molecule has 1 aliphatic heterocycles. The fraction of sp³-hybridized carbons (Fsp3) is 0.533.